The van der Waals surface area contributed by atoms with Crippen LogP contribution in [0.1, 0.15) is 0 Å². The highest BCUT2D eigenvalue weighted by molar-refractivity contribution is 5.82. The molecule has 0 fully saturated rings. The molecule has 84 valence electrons. The first kappa shape index (κ1) is 10.5. The van der Waals surface area contributed by atoms with Crippen molar-refractivity contribution in [2.75, 3.05) is 26.6 Å². The highest BCUT2D eigenvalue weighted by Crippen LogP contribution is 2.31. The van der Waals surface area contributed by atoms with E-state index in [1.165, 1.54) is 0 Å². The highest BCUT2D eigenvalue weighted by atomic mass is 16.5. The average molecular weight is 219 g/mol. The standard InChI is InChI=1S/C11H13N3O2/c1-12-11-13-6-7-4-9(15-2)10(16-3)5-8(7)14-11/h4-6H,1-3H3,(H,12,13,14). The largest absolute Gasteiger partial charge is 0.493 e. The first-order chi connectivity index (χ1) is 7.78. The Kier molecular flexibility index (Phi) is 2.76. The molecule has 0 aliphatic heterocycles. The van der Waals surface area contributed by atoms with Crippen LogP contribution in [0.15, 0.2) is 18.3 Å². The Morgan fingerprint density at radius 3 is 2.44 bits per heavy atom. The molecular formula is C11H13N3O2. The van der Waals surface area contributed by atoms with Gasteiger partial charge >= 0.3 is 0 Å². The Labute approximate surface area is 93.4 Å². The summed E-state index contributed by atoms with van der Waals surface area (Å²) in [7, 11) is 4.98. The highest BCUT2D eigenvalue weighted by Gasteiger charge is 2.07. The van der Waals surface area contributed by atoms with Gasteiger partial charge in [0.2, 0.25) is 5.95 Å². The SMILES string of the molecule is CNc1ncc2cc(OC)c(OC)cc2n1. The van der Waals surface area contributed by atoms with Gasteiger partial charge in [0, 0.05) is 24.7 Å². The Bertz CT molecular complexity index is 514. The predicted molar refractivity (Wildman–Crippen MR) is 62.2 cm³/mol. The van der Waals surface area contributed by atoms with Gasteiger partial charge in [0.1, 0.15) is 0 Å². The summed E-state index contributed by atoms with van der Waals surface area (Å²) in [6, 6.07) is 3.68. The van der Waals surface area contributed by atoms with Crippen molar-refractivity contribution in [1.29, 1.82) is 0 Å². The Hall–Kier alpha value is -2.04. The van der Waals surface area contributed by atoms with E-state index in [-0.39, 0.29) is 0 Å². The van der Waals surface area contributed by atoms with E-state index in [9.17, 15) is 0 Å². The number of ether oxygens (including phenoxy) is 2. The Balaban J connectivity index is 2.63. The molecule has 0 aliphatic rings. The lowest BCUT2D eigenvalue weighted by Gasteiger charge is -2.08. The van der Waals surface area contributed by atoms with E-state index in [2.05, 4.69) is 15.3 Å². The number of methoxy groups -OCH3 is 2. The second kappa shape index (κ2) is 4.22. The smallest absolute Gasteiger partial charge is 0.222 e. The van der Waals surface area contributed by atoms with Crippen molar-refractivity contribution in [1.82, 2.24) is 9.97 Å². The van der Waals surface area contributed by atoms with Crippen LogP contribution in [0.4, 0.5) is 5.95 Å². The maximum Gasteiger partial charge on any atom is 0.222 e. The van der Waals surface area contributed by atoms with Crippen molar-refractivity contribution < 1.29 is 9.47 Å². The number of aromatic nitrogens is 2. The van der Waals surface area contributed by atoms with Gasteiger partial charge in [-0.2, -0.15) is 0 Å². The molecule has 5 nitrogen and oxygen atoms in total. The lowest BCUT2D eigenvalue weighted by atomic mass is 10.2. The van der Waals surface area contributed by atoms with Crippen LogP contribution in [0, 0.1) is 0 Å². The first-order valence-corrected chi connectivity index (χ1v) is 4.85. The summed E-state index contributed by atoms with van der Waals surface area (Å²) in [5.74, 6) is 1.92. The lowest BCUT2D eigenvalue weighted by Crippen LogP contribution is -1.97. The molecule has 2 aromatic rings. The molecule has 0 atom stereocenters. The van der Waals surface area contributed by atoms with Gasteiger partial charge in [0.25, 0.3) is 0 Å². The van der Waals surface area contributed by atoms with Crippen LogP contribution in [-0.2, 0) is 0 Å². The Morgan fingerprint density at radius 1 is 1.12 bits per heavy atom. The van der Waals surface area contributed by atoms with Crippen molar-refractivity contribution in [3.8, 4) is 11.5 Å². The summed E-state index contributed by atoms with van der Waals surface area (Å²) in [5.41, 5.74) is 0.817. The molecule has 1 N–H and O–H groups in total. The third-order valence-electron chi connectivity index (χ3n) is 2.31. The van der Waals surface area contributed by atoms with E-state index >= 15 is 0 Å². The van der Waals surface area contributed by atoms with Gasteiger partial charge in [0.05, 0.1) is 19.7 Å². The van der Waals surface area contributed by atoms with E-state index < -0.39 is 0 Å². The zero-order valence-corrected chi connectivity index (χ0v) is 9.44. The molecule has 0 saturated carbocycles. The molecule has 5 heteroatoms. The summed E-state index contributed by atoms with van der Waals surface area (Å²) in [6.07, 6.45) is 1.75. The van der Waals surface area contributed by atoms with Crippen molar-refractivity contribution in [3.63, 3.8) is 0 Å². The number of rotatable bonds is 3. The van der Waals surface area contributed by atoms with E-state index in [1.807, 2.05) is 12.1 Å². The fourth-order valence-corrected chi connectivity index (χ4v) is 1.48. The number of fused-ring (bicyclic) bond motifs is 1. The molecule has 1 aromatic heterocycles. The molecule has 0 spiro atoms. The summed E-state index contributed by atoms with van der Waals surface area (Å²) in [6.45, 7) is 0. The minimum atomic E-state index is 0.583. The number of anilines is 1. The Morgan fingerprint density at radius 2 is 1.81 bits per heavy atom. The predicted octanol–water partition coefficient (Wildman–Crippen LogP) is 1.69. The molecule has 1 heterocycles. The molecule has 0 unspecified atom stereocenters. The molecule has 0 amide bonds. The van der Waals surface area contributed by atoms with Gasteiger partial charge in [-0.1, -0.05) is 0 Å². The first-order valence-electron chi connectivity index (χ1n) is 4.85. The van der Waals surface area contributed by atoms with Gasteiger partial charge < -0.3 is 14.8 Å². The van der Waals surface area contributed by atoms with E-state index in [4.69, 9.17) is 9.47 Å². The molecule has 0 saturated heterocycles. The van der Waals surface area contributed by atoms with Crippen LogP contribution in [0.5, 0.6) is 11.5 Å². The third-order valence-corrected chi connectivity index (χ3v) is 2.31. The molecule has 16 heavy (non-hydrogen) atoms. The number of nitrogens with zero attached hydrogens (tertiary/aromatic N) is 2. The van der Waals surface area contributed by atoms with Gasteiger partial charge in [-0.15, -0.1) is 0 Å². The second-order valence-corrected chi connectivity index (χ2v) is 3.21. The van der Waals surface area contributed by atoms with Crippen molar-refractivity contribution in [2.45, 2.75) is 0 Å². The summed E-state index contributed by atoms with van der Waals surface area (Å²) < 4.78 is 10.4. The number of nitrogens with one attached hydrogen (secondary N) is 1. The zero-order chi connectivity index (χ0) is 11.5. The summed E-state index contributed by atoms with van der Waals surface area (Å²) >= 11 is 0. The van der Waals surface area contributed by atoms with Crippen molar-refractivity contribution in [3.05, 3.63) is 18.3 Å². The monoisotopic (exact) mass is 219 g/mol. The van der Waals surface area contributed by atoms with E-state index in [1.54, 1.807) is 27.5 Å². The summed E-state index contributed by atoms with van der Waals surface area (Å²) in [5, 5.41) is 3.80. The van der Waals surface area contributed by atoms with Crippen LogP contribution >= 0.6 is 0 Å². The van der Waals surface area contributed by atoms with Gasteiger partial charge in [-0.25, -0.2) is 9.97 Å². The number of hydrogen-bond donors (Lipinski definition) is 1. The lowest BCUT2D eigenvalue weighted by molar-refractivity contribution is 0.356. The molecule has 1 aromatic carbocycles. The topological polar surface area (TPSA) is 56.3 Å². The van der Waals surface area contributed by atoms with E-state index in [0.717, 1.165) is 10.9 Å². The second-order valence-electron chi connectivity index (χ2n) is 3.21. The molecule has 0 radical (unpaired) electrons. The van der Waals surface area contributed by atoms with Crippen LogP contribution < -0.4 is 14.8 Å². The van der Waals surface area contributed by atoms with Crippen molar-refractivity contribution in [2.24, 2.45) is 0 Å². The normalized spacial score (nSPS) is 10.2. The third kappa shape index (κ3) is 1.71. The molecule has 2 rings (SSSR count). The molecular weight excluding hydrogens is 206 g/mol. The maximum atomic E-state index is 5.21. The fourth-order valence-electron chi connectivity index (χ4n) is 1.48. The average Bonchev–Trinajstić information content (AvgIpc) is 2.36. The van der Waals surface area contributed by atoms with E-state index in [0.29, 0.717) is 17.4 Å². The maximum absolute atomic E-state index is 5.21. The van der Waals surface area contributed by atoms with Crippen molar-refractivity contribution >= 4 is 16.9 Å². The number of benzene rings is 1. The minimum Gasteiger partial charge on any atom is -0.493 e. The van der Waals surface area contributed by atoms with Crippen LogP contribution in [-0.4, -0.2) is 31.2 Å². The van der Waals surface area contributed by atoms with Crippen LogP contribution in [0.25, 0.3) is 10.9 Å². The van der Waals surface area contributed by atoms with Gasteiger partial charge in [0.15, 0.2) is 11.5 Å². The van der Waals surface area contributed by atoms with Crippen LogP contribution in [0.2, 0.25) is 0 Å². The van der Waals surface area contributed by atoms with Gasteiger partial charge in [-0.3, -0.25) is 0 Å². The van der Waals surface area contributed by atoms with Gasteiger partial charge in [-0.05, 0) is 6.07 Å². The molecule has 0 aliphatic carbocycles. The molecule has 0 bridgehead atoms. The number of hydrogen-bond acceptors (Lipinski definition) is 5. The summed E-state index contributed by atoms with van der Waals surface area (Å²) in [4.78, 5) is 8.46. The minimum absolute atomic E-state index is 0.583. The zero-order valence-electron chi connectivity index (χ0n) is 9.44. The van der Waals surface area contributed by atoms with Crippen LogP contribution in [0.3, 0.4) is 0 Å². The quantitative estimate of drug-likeness (QED) is 0.851. The fraction of sp³-hybridized carbons (Fsp3) is 0.273.